The summed E-state index contributed by atoms with van der Waals surface area (Å²) < 4.78 is 61.2. The van der Waals surface area contributed by atoms with E-state index in [2.05, 4.69) is 0 Å². The summed E-state index contributed by atoms with van der Waals surface area (Å²) in [5, 5.41) is 0. The van der Waals surface area contributed by atoms with Gasteiger partial charge >= 0.3 is 12.1 Å². The zero-order valence-electron chi connectivity index (χ0n) is 17.7. The third-order valence-corrected chi connectivity index (χ3v) is 5.38. The van der Waals surface area contributed by atoms with Crippen LogP contribution >= 0.6 is 0 Å². The summed E-state index contributed by atoms with van der Waals surface area (Å²) in [7, 11) is 5.93. The number of hydrogen-bond donors (Lipinski definition) is 0. The second-order valence-corrected chi connectivity index (χ2v) is 7.06. The van der Waals surface area contributed by atoms with Crippen molar-refractivity contribution >= 4 is 5.91 Å². The van der Waals surface area contributed by atoms with E-state index >= 15 is 0 Å². The highest BCUT2D eigenvalue weighted by Crippen LogP contribution is 2.41. The molecule has 1 aliphatic heterocycles. The molecule has 0 bridgehead atoms. The normalized spacial score (nSPS) is 15.8. The number of benzene rings is 2. The quantitative estimate of drug-likeness (QED) is 0.682. The van der Waals surface area contributed by atoms with E-state index in [4.69, 9.17) is 18.9 Å². The number of amides is 1. The minimum atomic E-state index is -4.97. The molecule has 0 aliphatic carbocycles. The molecular formula is C22H24F3NO5. The summed E-state index contributed by atoms with van der Waals surface area (Å²) in [6.07, 6.45) is -4.53. The van der Waals surface area contributed by atoms with Gasteiger partial charge in [0.15, 0.2) is 23.0 Å². The Morgan fingerprint density at radius 3 is 2.10 bits per heavy atom. The Morgan fingerprint density at radius 2 is 1.52 bits per heavy atom. The summed E-state index contributed by atoms with van der Waals surface area (Å²) in [6.45, 7) is -0.0568. The van der Waals surface area contributed by atoms with E-state index < -0.39 is 18.1 Å². The molecule has 0 unspecified atom stereocenters. The minimum Gasteiger partial charge on any atom is -0.493 e. The van der Waals surface area contributed by atoms with Crippen molar-refractivity contribution in [3.05, 3.63) is 47.0 Å². The fourth-order valence-electron chi connectivity index (χ4n) is 3.89. The molecule has 1 amide bonds. The van der Waals surface area contributed by atoms with Gasteiger partial charge in [-0.15, -0.1) is 0 Å². The monoisotopic (exact) mass is 439 g/mol. The van der Waals surface area contributed by atoms with Gasteiger partial charge in [-0.1, -0.05) is 6.07 Å². The first kappa shape index (κ1) is 22.6. The van der Waals surface area contributed by atoms with Crippen LogP contribution in [-0.2, 0) is 17.6 Å². The van der Waals surface area contributed by atoms with Crippen molar-refractivity contribution < 1.29 is 36.9 Å². The number of nitrogens with zero attached hydrogens (tertiary/aromatic N) is 1. The molecule has 0 fully saturated rings. The van der Waals surface area contributed by atoms with Crippen molar-refractivity contribution in [1.82, 2.24) is 4.90 Å². The van der Waals surface area contributed by atoms with E-state index in [0.717, 1.165) is 10.5 Å². The van der Waals surface area contributed by atoms with Gasteiger partial charge in [-0.3, -0.25) is 4.79 Å². The lowest BCUT2D eigenvalue weighted by Gasteiger charge is -2.38. The van der Waals surface area contributed by atoms with Crippen LogP contribution in [-0.4, -0.2) is 52.0 Å². The number of carbonyl (C=O) groups excluding carboxylic acids is 1. The van der Waals surface area contributed by atoms with Gasteiger partial charge in [0.05, 0.1) is 34.5 Å². The summed E-state index contributed by atoms with van der Waals surface area (Å²) in [6, 6.07) is 7.69. The molecule has 0 radical (unpaired) electrons. The second-order valence-electron chi connectivity index (χ2n) is 7.06. The van der Waals surface area contributed by atoms with Crippen LogP contribution in [0.25, 0.3) is 0 Å². The van der Waals surface area contributed by atoms with Crippen LogP contribution in [0.5, 0.6) is 23.0 Å². The predicted octanol–water partition coefficient (Wildman–Crippen LogP) is 3.95. The van der Waals surface area contributed by atoms with Crippen molar-refractivity contribution in [1.29, 1.82) is 0 Å². The number of fused-ring (bicyclic) bond motifs is 1. The number of hydrogen-bond acceptors (Lipinski definition) is 5. The average molecular weight is 439 g/mol. The van der Waals surface area contributed by atoms with Crippen LogP contribution in [0.3, 0.4) is 0 Å². The van der Waals surface area contributed by atoms with Gasteiger partial charge in [-0.25, -0.2) is 0 Å². The zero-order chi connectivity index (χ0) is 22.8. The Morgan fingerprint density at radius 1 is 0.935 bits per heavy atom. The molecule has 9 heteroatoms. The van der Waals surface area contributed by atoms with E-state index in [0.29, 0.717) is 34.1 Å². The topological polar surface area (TPSA) is 57.2 Å². The van der Waals surface area contributed by atoms with Gasteiger partial charge in [0.2, 0.25) is 0 Å². The molecule has 0 saturated carbocycles. The smallest absolute Gasteiger partial charge is 0.471 e. The third kappa shape index (κ3) is 4.50. The number of rotatable bonds is 6. The molecule has 1 atom stereocenters. The van der Waals surface area contributed by atoms with Crippen LogP contribution in [0.15, 0.2) is 30.3 Å². The van der Waals surface area contributed by atoms with Gasteiger partial charge in [-0.2, -0.15) is 13.2 Å². The van der Waals surface area contributed by atoms with E-state index in [1.54, 1.807) is 30.3 Å². The van der Waals surface area contributed by atoms with Crippen LogP contribution in [0.1, 0.15) is 22.7 Å². The lowest BCUT2D eigenvalue weighted by molar-refractivity contribution is -0.188. The second kappa shape index (κ2) is 8.95. The fourth-order valence-corrected chi connectivity index (χ4v) is 3.89. The number of ether oxygens (including phenoxy) is 4. The van der Waals surface area contributed by atoms with Crippen LogP contribution in [0.2, 0.25) is 0 Å². The van der Waals surface area contributed by atoms with Gasteiger partial charge in [0, 0.05) is 6.54 Å². The first-order chi connectivity index (χ1) is 14.7. The molecule has 6 nitrogen and oxygen atoms in total. The van der Waals surface area contributed by atoms with Gasteiger partial charge in [-0.05, 0) is 53.8 Å². The summed E-state index contributed by atoms with van der Waals surface area (Å²) in [4.78, 5) is 13.1. The summed E-state index contributed by atoms with van der Waals surface area (Å²) >= 11 is 0. The molecule has 0 N–H and O–H groups in total. The first-order valence-corrected chi connectivity index (χ1v) is 9.57. The van der Waals surface area contributed by atoms with E-state index in [-0.39, 0.29) is 19.4 Å². The highest BCUT2D eigenvalue weighted by atomic mass is 19.4. The number of alkyl halides is 3. The molecule has 1 aliphatic rings. The standard InChI is InChI=1S/C22H24F3NO5/c1-28-17-6-5-13(10-18(17)29-2)9-16-15-12-20(31-4)19(30-3)11-14(15)7-8-26(16)21(27)22(23,24)25/h5-6,10-12,16H,7-9H2,1-4H3/t16-/m1/s1. The number of methoxy groups -OCH3 is 4. The summed E-state index contributed by atoms with van der Waals surface area (Å²) in [5.74, 6) is -0.0260. The zero-order valence-corrected chi connectivity index (χ0v) is 17.7. The van der Waals surface area contributed by atoms with E-state index in [9.17, 15) is 18.0 Å². The van der Waals surface area contributed by atoms with Crippen LogP contribution in [0, 0.1) is 0 Å². The molecule has 0 aromatic heterocycles. The van der Waals surface area contributed by atoms with Crippen molar-refractivity contribution in [2.75, 3.05) is 35.0 Å². The highest BCUT2D eigenvalue weighted by Gasteiger charge is 2.46. The number of carbonyl (C=O) groups is 1. The highest BCUT2D eigenvalue weighted by molar-refractivity contribution is 5.82. The summed E-state index contributed by atoms with van der Waals surface area (Å²) in [5.41, 5.74) is 2.11. The van der Waals surface area contributed by atoms with Crippen molar-refractivity contribution in [2.24, 2.45) is 0 Å². The lowest BCUT2D eigenvalue weighted by atomic mass is 9.88. The molecule has 3 rings (SSSR count). The molecule has 0 spiro atoms. The molecule has 2 aromatic rings. The molecule has 2 aromatic carbocycles. The fraction of sp³-hybridized carbons (Fsp3) is 0.409. The molecule has 31 heavy (non-hydrogen) atoms. The van der Waals surface area contributed by atoms with Gasteiger partial charge < -0.3 is 23.8 Å². The first-order valence-electron chi connectivity index (χ1n) is 9.57. The van der Waals surface area contributed by atoms with Crippen molar-refractivity contribution in [3.63, 3.8) is 0 Å². The Labute approximate surface area is 178 Å². The molecular weight excluding hydrogens is 415 g/mol. The Bertz CT molecular complexity index is 961. The average Bonchev–Trinajstić information content (AvgIpc) is 2.77. The third-order valence-electron chi connectivity index (χ3n) is 5.38. The molecule has 1 heterocycles. The number of halogens is 3. The lowest BCUT2D eigenvalue weighted by Crippen LogP contribution is -2.47. The van der Waals surface area contributed by atoms with Gasteiger partial charge in [0.25, 0.3) is 0 Å². The largest absolute Gasteiger partial charge is 0.493 e. The predicted molar refractivity (Wildman–Crippen MR) is 107 cm³/mol. The molecule has 168 valence electrons. The van der Waals surface area contributed by atoms with Gasteiger partial charge in [0.1, 0.15) is 0 Å². The van der Waals surface area contributed by atoms with E-state index in [1.807, 2.05) is 0 Å². The van der Waals surface area contributed by atoms with Crippen molar-refractivity contribution in [3.8, 4) is 23.0 Å². The maximum Gasteiger partial charge on any atom is 0.471 e. The Hall–Kier alpha value is -3.10. The minimum absolute atomic E-state index is 0.0568. The van der Waals surface area contributed by atoms with Crippen LogP contribution < -0.4 is 18.9 Å². The van der Waals surface area contributed by atoms with Crippen LogP contribution in [0.4, 0.5) is 13.2 Å². The maximum atomic E-state index is 13.3. The Balaban J connectivity index is 2.08. The Kier molecular flexibility index (Phi) is 6.52. The molecule has 0 saturated heterocycles. The van der Waals surface area contributed by atoms with Crippen molar-refractivity contribution in [2.45, 2.75) is 25.1 Å². The van der Waals surface area contributed by atoms with E-state index in [1.165, 1.54) is 28.4 Å². The maximum absolute atomic E-state index is 13.3. The SMILES string of the molecule is COc1ccc(C[C@@H]2c3cc(OC)c(OC)cc3CCN2C(=O)C(F)(F)F)cc1OC.